The van der Waals surface area contributed by atoms with Crippen LogP contribution in [-0.4, -0.2) is 185 Å². The van der Waals surface area contributed by atoms with Crippen LogP contribution in [-0.2, 0) is 91.2 Å². The van der Waals surface area contributed by atoms with Gasteiger partial charge in [-0.05, 0) is 133 Å². The van der Waals surface area contributed by atoms with Gasteiger partial charge in [0, 0.05) is 61.3 Å². The van der Waals surface area contributed by atoms with Gasteiger partial charge in [0.25, 0.3) is 0 Å². The number of fused-ring (bicyclic) bond motifs is 9. The van der Waals surface area contributed by atoms with Crippen molar-refractivity contribution in [3.63, 3.8) is 0 Å². The number of halogens is 2. The minimum absolute atomic E-state index is 0.000776. The summed E-state index contributed by atoms with van der Waals surface area (Å²) in [4.78, 5) is 133. The third kappa shape index (κ3) is 20.2. The molecule has 6 aliphatic rings. The van der Waals surface area contributed by atoms with Crippen LogP contribution in [0, 0.1) is 28.6 Å². The molecule has 4 aromatic carbocycles. The largest absolute Gasteiger partial charge is 0.454 e. The molecular formula is C82H102F2N8O19. The molecule has 0 aromatic heterocycles. The van der Waals surface area contributed by atoms with Gasteiger partial charge in [-0.25, -0.2) is 23.2 Å². The SMILES string of the molecule is CCCC1O[C@@H]2C[C@H]3[C@@H]4C[C@H](F)C5=CC(=O)C=C[C@]5(C)[C@@]4(F)[C@@H](O)C[C@]3(C)C2(C(=O)COC(=O)c2ccc(CNC(=O)OCc3ccc(NC(=O)[C@H](CCCNC(N)=O)NC(=O)[C@@H](NC(=O)CCOCCOCCOCCOCCNC(=O)CCC(=O)N4Cc5ccccc5/C=C\c5ccccc54)C(C)C)cc3)cc2)O1. The quantitative estimate of drug-likeness (QED) is 0.0155. The van der Waals surface area contributed by atoms with Gasteiger partial charge >= 0.3 is 18.1 Å². The molecular weight excluding hydrogens is 1440 g/mol. The molecule has 1 saturated heterocycles. The Morgan fingerprint density at radius 2 is 1.38 bits per heavy atom. The highest BCUT2D eigenvalue weighted by Gasteiger charge is 2.80. The zero-order valence-electron chi connectivity index (χ0n) is 63.4. The number of esters is 1. The van der Waals surface area contributed by atoms with Crippen molar-refractivity contribution in [3.05, 3.63) is 154 Å². The van der Waals surface area contributed by atoms with Gasteiger partial charge in [0.05, 0.1) is 82.9 Å². The summed E-state index contributed by atoms with van der Waals surface area (Å²) in [7, 11) is 0. The number of para-hydroxylation sites is 1. The fourth-order valence-electron chi connectivity index (χ4n) is 16.1. The number of hydrogen-bond acceptors (Lipinski definition) is 19. The Kier molecular flexibility index (Phi) is 29.1. The van der Waals surface area contributed by atoms with Gasteiger partial charge in [0.15, 0.2) is 29.9 Å². The Morgan fingerprint density at radius 3 is 2.08 bits per heavy atom. The molecule has 3 saturated carbocycles. The molecule has 4 fully saturated rings. The average molecular weight is 1540 g/mol. The first kappa shape index (κ1) is 83.8. The normalized spacial score (nSPS) is 24.7. The highest BCUT2D eigenvalue weighted by Crippen LogP contribution is 2.72. The third-order valence-corrected chi connectivity index (χ3v) is 21.9. The smallest absolute Gasteiger partial charge is 0.407 e. The molecule has 598 valence electrons. The topological polar surface area (TPSA) is 366 Å². The maximum Gasteiger partial charge on any atom is 0.407 e. The standard InChI is InChI=1S/C82H102F2N8O19/c1-6-12-72-110-68-45-60-61-44-63(83)62-43-59(93)30-32-79(62,4)81(61,84)66(94)46-80(60,5)82(68,111-72)67(95)50-108-76(101)56-22-18-52(19-23-56)47-88-78(103)109-49-53-20-26-58(27-21-53)89-74(99)64(16-11-33-87-77(85)102)90-75(100)73(51(2)3)91-70(97)31-35-104-37-39-106-41-42-107-40-38-105-36-34-86-69(96)28-29-71(98)92-48-57-15-8-7-13-54(57)24-25-55-14-9-10-17-65(55)92/h7-10,13-15,17-27,30,32,43,51,60-61,63-64,66,68,72-73,94H,6,11-12,16,28-29,31,33-42,44-50H2,1-5H3,(H,86,96)(H,88,103)(H,89,99)(H,90,100)(H,91,97)(H3,85,87,102)/b25-24-/t60-,61-,63-,64-,66-,68+,72?,73-,79-,80-,81-,82?/m0/s1. The highest BCUT2D eigenvalue weighted by molar-refractivity contribution is 6.02. The number of alkyl halides is 2. The Hall–Kier alpha value is -9.62. The van der Waals surface area contributed by atoms with Gasteiger partial charge in [-0.15, -0.1) is 0 Å². The first-order valence-electron chi connectivity index (χ1n) is 38.0. The van der Waals surface area contributed by atoms with Gasteiger partial charge in [-0.3, -0.25) is 33.6 Å². The fourth-order valence-corrected chi connectivity index (χ4v) is 16.1. The van der Waals surface area contributed by atoms with E-state index in [0.29, 0.717) is 56.0 Å². The number of nitrogens with two attached hydrogens (primary N) is 1. The van der Waals surface area contributed by atoms with E-state index in [0.717, 1.165) is 28.5 Å². The molecule has 2 aliphatic heterocycles. The molecule has 9 N–H and O–H groups in total. The molecule has 0 bridgehead atoms. The van der Waals surface area contributed by atoms with E-state index >= 15 is 8.78 Å². The minimum Gasteiger partial charge on any atom is -0.454 e. The number of benzene rings is 4. The molecule has 4 aliphatic carbocycles. The number of urea groups is 1. The van der Waals surface area contributed by atoms with Gasteiger partial charge in [0.2, 0.25) is 35.3 Å². The molecule has 8 amide bonds. The van der Waals surface area contributed by atoms with Crippen LogP contribution in [0.2, 0.25) is 0 Å². The molecule has 12 atom stereocenters. The van der Waals surface area contributed by atoms with E-state index in [1.165, 1.54) is 31.2 Å². The van der Waals surface area contributed by atoms with Crippen molar-refractivity contribution in [3.8, 4) is 0 Å². The predicted octanol–water partition coefficient (Wildman–Crippen LogP) is 8.13. The minimum atomic E-state index is -2.39. The number of carbonyl (C=O) groups is 10. The summed E-state index contributed by atoms with van der Waals surface area (Å²) in [6, 6.07) is 25.2. The number of aliphatic hydroxyl groups is 1. The lowest BCUT2D eigenvalue weighted by Gasteiger charge is -2.63. The second-order valence-corrected chi connectivity index (χ2v) is 29.5. The van der Waals surface area contributed by atoms with Gasteiger partial charge in [-0.2, -0.15) is 0 Å². The van der Waals surface area contributed by atoms with Crippen LogP contribution in [0.4, 0.5) is 29.7 Å². The maximum atomic E-state index is 18.0. The molecule has 27 nitrogen and oxygen atoms in total. The van der Waals surface area contributed by atoms with Crippen molar-refractivity contribution in [1.82, 2.24) is 26.6 Å². The van der Waals surface area contributed by atoms with Crippen LogP contribution in [0.15, 0.2) is 121 Å². The van der Waals surface area contributed by atoms with Crippen molar-refractivity contribution in [2.75, 3.05) is 82.8 Å². The monoisotopic (exact) mass is 1540 g/mol. The van der Waals surface area contributed by atoms with E-state index in [9.17, 15) is 53.1 Å². The van der Waals surface area contributed by atoms with E-state index in [1.54, 1.807) is 62.1 Å². The number of alkyl carbamates (subject to hydrolysis) is 1. The van der Waals surface area contributed by atoms with Crippen LogP contribution in [0.3, 0.4) is 0 Å². The molecule has 0 radical (unpaired) electrons. The summed E-state index contributed by atoms with van der Waals surface area (Å²) in [5, 5.41) is 28.1. The number of rotatable bonds is 38. The Balaban J connectivity index is 0.586. The number of ether oxygens (including phenoxy) is 8. The zero-order valence-corrected chi connectivity index (χ0v) is 63.4. The number of anilines is 2. The molecule has 29 heteroatoms. The number of nitrogens with one attached hydrogen (secondary N) is 6. The summed E-state index contributed by atoms with van der Waals surface area (Å²) in [6.45, 7) is 10.4. The van der Waals surface area contributed by atoms with Crippen molar-refractivity contribution < 1.29 is 99.7 Å². The van der Waals surface area contributed by atoms with E-state index in [-0.39, 0.29) is 134 Å². The molecule has 0 spiro atoms. The number of Topliss-reactive ketones (excluding diaryl/α,β-unsaturated/α-hetero) is 1. The summed E-state index contributed by atoms with van der Waals surface area (Å²) >= 11 is 0. The predicted molar refractivity (Wildman–Crippen MR) is 404 cm³/mol. The summed E-state index contributed by atoms with van der Waals surface area (Å²) in [5.41, 5.74) is 3.52. The lowest BCUT2D eigenvalue weighted by atomic mass is 9.44. The van der Waals surface area contributed by atoms with E-state index in [2.05, 4.69) is 38.0 Å². The van der Waals surface area contributed by atoms with Gasteiger partial charge < -0.3 is 85.5 Å². The van der Waals surface area contributed by atoms with Crippen LogP contribution in [0.25, 0.3) is 12.2 Å². The second-order valence-electron chi connectivity index (χ2n) is 29.5. The van der Waals surface area contributed by atoms with Crippen molar-refractivity contribution >= 4 is 82.7 Å². The first-order valence-corrected chi connectivity index (χ1v) is 38.0. The molecule has 10 rings (SSSR count). The number of allylic oxidation sites excluding steroid dienone is 4. The number of hydrogen-bond donors (Lipinski definition) is 8. The number of amides is 8. The summed E-state index contributed by atoms with van der Waals surface area (Å²) in [6.07, 6.45) is 2.83. The van der Waals surface area contributed by atoms with E-state index in [4.69, 9.17) is 43.6 Å². The van der Waals surface area contributed by atoms with Gasteiger partial charge in [-0.1, -0.05) is 119 Å². The lowest BCUT2D eigenvalue weighted by molar-refractivity contribution is -0.234. The van der Waals surface area contributed by atoms with E-state index < -0.39 is 131 Å². The summed E-state index contributed by atoms with van der Waals surface area (Å²) in [5.74, 6) is -6.18. The number of ketones is 2. The van der Waals surface area contributed by atoms with E-state index in [1.807, 2.05) is 61.5 Å². The summed E-state index contributed by atoms with van der Waals surface area (Å²) < 4.78 is 80.4. The van der Waals surface area contributed by atoms with Crippen LogP contribution in [0.1, 0.15) is 137 Å². The number of primary amides is 1. The molecule has 2 heterocycles. The molecule has 111 heavy (non-hydrogen) atoms. The van der Waals surface area contributed by atoms with Crippen LogP contribution < -0.4 is 42.5 Å². The van der Waals surface area contributed by atoms with Crippen molar-refractivity contribution in [1.29, 1.82) is 0 Å². The number of aliphatic hydroxyl groups excluding tert-OH is 1. The van der Waals surface area contributed by atoms with Crippen molar-refractivity contribution in [2.24, 2.45) is 34.3 Å². The Morgan fingerprint density at radius 1 is 0.712 bits per heavy atom. The Bertz CT molecular complexity index is 4090. The second kappa shape index (κ2) is 38.5. The molecule has 2 unspecified atom stereocenters. The number of nitrogens with zero attached hydrogens (tertiary/aromatic N) is 1. The van der Waals surface area contributed by atoms with Crippen LogP contribution >= 0.6 is 0 Å². The third-order valence-electron chi connectivity index (χ3n) is 21.9. The maximum absolute atomic E-state index is 18.0. The van der Waals surface area contributed by atoms with Crippen molar-refractivity contribution in [2.45, 2.75) is 167 Å². The fraction of sp³-hybridized carbons (Fsp3) is 0.512. The Labute approximate surface area is 644 Å². The molecule has 4 aromatic rings. The first-order chi connectivity index (χ1) is 53.3. The lowest BCUT2D eigenvalue weighted by Crippen LogP contribution is -2.71. The zero-order chi connectivity index (χ0) is 79.5. The van der Waals surface area contributed by atoms with Gasteiger partial charge in [0.1, 0.15) is 24.9 Å². The average Bonchev–Trinajstić information content (AvgIpc) is 1.54. The van der Waals surface area contributed by atoms with Crippen LogP contribution in [0.5, 0.6) is 0 Å². The number of carbonyl (C=O) groups excluding carboxylic acids is 10. The highest BCUT2D eigenvalue weighted by atomic mass is 19.1.